The second-order valence-corrected chi connectivity index (χ2v) is 4.09. The van der Waals surface area contributed by atoms with Gasteiger partial charge in [0.25, 0.3) is 5.69 Å². The summed E-state index contributed by atoms with van der Waals surface area (Å²) in [5.41, 5.74) is 5.37. The van der Waals surface area contributed by atoms with Crippen LogP contribution >= 0.6 is 27.5 Å². The van der Waals surface area contributed by atoms with E-state index in [1.807, 2.05) is 0 Å². The highest BCUT2D eigenvalue weighted by molar-refractivity contribution is 9.10. The molecule has 0 spiro atoms. The van der Waals surface area contributed by atoms with Crippen LogP contribution in [0.3, 0.4) is 0 Å². The maximum absolute atomic E-state index is 10.9. The molecule has 0 radical (unpaired) electrons. The van der Waals surface area contributed by atoms with Crippen molar-refractivity contribution in [3.05, 3.63) is 26.7 Å². The Morgan fingerprint density at radius 1 is 1.71 bits per heavy atom. The lowest BCUT2D eigenvalue weighted by molar-refractivity contribution is -0.384. The second-order valence-electron chi connectivity index (χ2n) is 2.97. The minimum Gasteiger partial charge on any atom is -0.496 e. The third kappa shape index (κ3) is 3.31. The molecule has 6 nitrogen and oxygen atoms in total. The number of hydrogen-bond donors (Lipinski definition) is 1. The first-order valence-electron chi connectivity index (χ1n) is 4.40. The molecule has 0 aliphatic rings. The van der Waals surface area contributed by atoms with Crippen LogP contribution < -0.4 is 10.5 Å². The highest BCUT2D eigenvalue weighted by Crippen LogP contribution is 2.38. The van der Waals surface area contributed by atoms with Crippen LogP contribution in [-0.2, 0) is 0 Å². The van der Waals surface area contributed by atoms with Gasteiger partial charge in [-0.05, 0) is 22.0 Å². The van der Waals surface area contributed by atoms with Gasteiger partial charge in [0.2, 0.25) is 0 Å². The Labute approximate surface area is 111 Å². The van der Waals surface area contributed by atoms with E-state index >= 15 is 0 Å². The van der Waals surface area contributed by atoms with Crippen LogP contribution in [0, 0.1) is 10.1 Å². The zero-order chi connectivity index (χ0) is 13.0. The minimum atomic E-state index is -0.562. The Hall–Kier alpha value is -1.34. The predicted molar refractivity (Wildman–Crippen MR) is 69.4 cm³/mol. The third-order valence-corrected chi connectivity index (χ3v) is 2.72. The van der Waals surface area contributed by atoms with Crippen molar-refractivity contribution in [2.45, 2.75) is 0 Å². The normalized spacial score (nSPS) is 11.4. The van der Waals surface area contributed by atoms with Gasteiger partial charge in [0, 0.05) is 0 Å². The standard InChI is InChI=1S/C9H9BrClN3O3/c1-17-5-2-6(10)9(13-8(12)4-11)7(3-5)14(15)16/h2-3H,4H2,1H3,(H2,12,13). The van der Waals surface area contributed by atoms with Crippen molar-refractivity contribution < 1.29 is 9.66 Å². The van der Waals surface area contributed by atoms with Crippen LogP contribution in [0.5, 0.6) is 5.75 Å². The number of methoxy groups -OCH3 is 1. The average molecular weight is 323 g/mol. The fourth-order valence-electron chi connectivity index (χ4n) is 1.10. The first-order chi connectivity index (χ1) is 7.99. The van der Waals surface area contributed by atoms with Crippen LogP contribution in [0.2, 0.25) is 0 Å². The summed E-state index contributed by atoms with van der Waals surface area (Å²) >= 11 is 8.65. The van der Waals surface area contributed by atoms with E-state index in [9.17, 15) is 10.1 Å². The van der Waals surface area contributed by atoms with Gasteiger partial charge in [-0.1, -0.05) is 0 Å². The van der Waals surface area contributed by atoms with Crippen molar-refractivity contribution in [3.63, 3.8) is 0 Å². The lowest BCUT2D eigenvalue weighted by atomic mass is 10.2. The number of nitro groups is 1. The van der Waals surface area contributed by atoms with Crippen molar-refractivity contribution >= 4 is 44.7 Å². The van der Waals surface area contributed by atoms with Crippen LogP contribution in [0.15, 0.2) is 21.6 Å². The quantitative estimate of drug-likeness (QED) is 0.303. The molecule has 8 heteroatoms. The summed E-state index contributed by atoms with van der Waals surface area (Å²) < 4.78 is 5.35. The van der Waals surface area contributed by atoms with E-state index in [2.05, 4.69) is 20.9 Å². The van der Waals surface area contributed by atoms with E-state index in [4.69, 9.17) is 22.1 Å². The molecule has 17 heavy (non-hydrogen) atoms. The topological polar surface area (TPSA) is 90.8 Å². The number of hydrogen-bond acceptors (Lipinski definition) is 4. The number of benzene rings is 1. The van der Waals surface area contributed by atoms with Gasteiger partial charge >= 0.3 is 0 Å². The highest BCUT2D eigenvalue weighted by Gasteiger charge is 2.19. The number of nitrogens with zero attached hydrogens (tertiary/aromatic N) is 2. The number of halogens is 2. The molecule has 92 valence electrons. The molecule has 0 aromatic heterocycles. The zero-order valence-corrected chi connectivity index (χ0v) is 11.2. The molecule has 1 rings (SSSR count). The van der Waals surface area contributed by atoms with Crippen LogP contribution in [0.4, 0.5) is 11.4 Å². The molecule has 0 fully saturated rings. The maximum atomic E-state index is 10.9. The van der Waals surface area contributed by atoms with Crippen LogP contribution in [0.25, 0.3) is 0 Å². The molecule has 1 aromatic rings. The molecular formula is C9H9BrClN3O3. The molecule has 0 heterocycles. The number of nitro benzene ring substituents is 1. The summed E-state index contributed by atoms with van der Waals surface area (Å²) in [6, 6.07) is 2.83. The second kappa shape index (κ2) is 5.83. The Morgan fingerprint density at radius 3 is 2.82 bits per heavy atom. The summed E-state index contributed by atoms with van der Waals surface area (Å²) in [5.74, 6) is 0.447. The van der Waals surface area contributed by atoms with Gasteiger partial charge in [0.05, 0.1) is 28.5 Å². The molecular weight excluding hydrogens is 313 g/mol. The smallest absolute Gasteiger partial charge is 0.299 e. The Bertz CT molecular complexity index is 479. The van der Waals surface area contributed by atoms with E-state index in [1.165, 1.54) is 13.2 Å². The number of nitrogens with two attached hydrogens (primary N) is 1. The number of rotatable bonds is 4. The van der Waals surface area contributed by atoms with Gasteiger partial charge < -0.3 is 10.5 Å². The largest absolute Gasteiger partial charge is 0.496 e. The van der Waals surface area contributed by atoms with E-state index in [0.29, 0.717) is 10.2 Å². The van der Waals surface area contributed by atoms with Gasteiger partial charge in [-0.25, -0.2) is 4.99 Å². The molecule has 0 atom stereocenters. The molecule has 1 aromatic carbocycles. The van der Waals surface area contributed by atoms with Crippen molar-refractivity contribution in [2.24, 2.45) is 10.7 Å². The van der Waals surface area contributed by atoms with Crippen molar-refractivity contribution in [1.29, 1.82) is 0 Å². The van der Waals surface area contributed by atoms with Gasteiger partial charge in [0.1, 0.15) is 11.6 Å². The lowest BCUT2D eigenvalue weighted by Gasteiger charge is -2.05. The Morgan fingerprint density at radius 2 is 2.35 bits per heavy atom. The van der Waals surface area contributed by atoms with E-state index in [0.717, 1.165) is 0 Å². The van der Waals surface area contributed by atoms with E-state index < -0.39 is 4.92 Å². The molecule has 0 amide bonds. The van der Waals surface area contributed by atoms with Gasteiger partial charge in [-0.2, -0.15) is 0 Å². The molecule has 0 saturated heterocycles. The molecule has 0 unspecified atom stereocenters. The summed E-state index contributed by atoms with van der Waals surface area (Å²) in [5, 5.41) is 10.9. The van der Waals surface area contributed by atoms with Crippen LogP contribution in [-0.4, -0.2) is 23.7 Å². The molecule has 0 aliphatic heterocycles. The summed E-state index contributed by atoms with van der Waals surface area (Å²) in [7, 11) is 1.42. The average Bonchev–Trinajstić information content (AvgIpc) is 2.30. The van der Waals surface area contributed by atoms with Gasteiger partial charge in [-0.15, -0.1) is 11.6 Å². The Balaban J connectivity index is 3.42. The van der Waals surface area contributed by atoms with Crippen LogP contribution in [0.1, 0.15) is 0 Å². The number of amidine groups is 1. The first kappa shape index (κ1) is 13.7. The first-order valence-corrected chi connectivity index (χ1v) is 5.73. The molecule has 2 N–H and O–H groups in total. The van der Waals surface area contributed by atoms with Crippen molar-refractivity contribution in [2.75, 3.05) is 13.0 Å². The number of alkyl halides is 1. The fourth-order valence-corrected chi connectivity index (χ4v) is 1.68. The molecule has 0 aliphatic carbocycles. The SMILES string of the molecule is COc1cc(Br)c(N=C(N)CCl)c([N+](=O)[O-])c1. The summed E-state index contributed by atoms with van der Waals surface area (Å²) in [6.07, 6.45) is 0. The molecule has 0 saturated carbocycles. The monoisotopic (exact) mass is 321 g/mol. The zero-order valence-electron chi connectivity index (χ0n) is 8.81. The summed E-state index contributed by atoms with van der Waals surface area (Å²) in [6.45, 7) is 0. The Kier molecular flexibility index (Phi) is 4.71. The number of aliphatic imine (C=N–C) groups is 1. The fraction of sp³-hybridized carbons (Fsp3) is 0.222. The highest BCUT2D eigenvalue weighted by atomic mass is 79.9. The number of ether oxygens (including phenoxy) is 1. The maximum Gasteiger partial charge on any atom is 0.299 e. The lowest BCUT2D eigenvalue weighted by Crippen LogP contribution is -2.12. The summed E-state index contributed by atoms with van der Waals surface area (Å²) in [4.78, 5) is 14.2. The van der Waals surface area contributed by atoms with Crippen molar-refractivity contribution in [3.8, 4) is 5.75 Å². The van der Waals surface area contributed by atoms with E-state index in [-0.39, 0.29) is 23.1 Å². The van der Waals surface area contributed by atoms with Gasteiger partial charge in [-0.3, -0.25) is 10.1 Å². The van der Waals surface area contributed by atoms with E-state index in [1.54, 1.807) is 6.07 Å². The van der Waals surface area contributed by atoms with Gasteiger partial charge in [0.15, 0.2) is 5.69 Å². The molecule has 0 bridgehead atoms. The van der Waals surface area contributed by atoms with Crippen molar-refractivity contribution in [1.82, 2.24) is 0 Å². The minimum absolute atomic E-state index is 0.00434. The third-order valence-electron chi connectivity index (χ3n) is 1.84. The predicted octanol–water partition coefficient (Wildman–Crippen LogP) is 2.59.